The van der Waals surface area contributed by atoms with E-state index in [4.69, 9.17) is 4.74 Å². The summed E-state index contributed by atoms with van der Waals surface area (Å²) in [7, 11) is 0. The minimum absolute atomic E-state index is 0.0163. The Hall–Kier alpha value is -2.40. The van der Waals surface area contributed by atoms with Crippen LogP contribution in [-0.2, 0) is 6.18 Å². The van der Waals surface area contributed by atoms with Gasteiger partial charge in [-0.15, -0.1) is 10.2 Å². The highest BCUT2D eigenvalue weighted by Crippen LogP contribution is 2.35. The topological polar surface area (TPSA) is 96.4 Å². The van der Waals surface area contributed by atoms with E-state index in [-0.39, 0.29) is 18.9 Å². The van der Waals surface area contributed by atoms with Gasteiger partial charge in [-0.2, -0.15) is 13.2 Å². The second-order valence-electron chi connectivity index (χ2n) is 7.11. The number of hydrogen-bond donors (Lipinski definition) is 3. The van der Waals surface area contributed by atoms with Crippen LogP contribution in [0.5, 0.6) is 5.75 Å². The smallest absolute Gasteiger partial charge is 0.416 e. The number of rotatable bonds is 7. The second kappa shape index (κ2) is 10.1. The molecule has 0 unspecified atom stereocenters. The molecule has 1 aliphatic carbocycles. The lowest BCUT2D eigenvalue weighted by Crippen LogP contribution is -2.37. The maximum atomic E-state index is 12.7. The maximum absolute atomic E-state index is 12.7. The summed E-state index contributed by atoms with van der Waals surface area (Å²) in [6.07, 6.45) is 0.180. The molecule has 1 fully saturated rings. The van der Waals surface area contributed by atoms with Gasteiger partial charge in [0.1, 0.15) is 23.5 Å². The molecule has 7 nitrogen and oxygen atoms in total. The molecule has 0 bridgehead atoms. The molecule has 30 heavy (non-hydrogen) atoms. The molecule has 1 aromatic carbocycles. The van der Waals surface area contributed by atoms with Crippen molar-refractivity contribution in [3.8, 4) is 5.75 Å². The number of amides is 2. The SMILES string of the molecule is O=C(NC[C@@H](O)COc1cccc(C(F)(F)F)c1)Nc1nnc(C2CCCCC2)s1. The number of benzene rings is 1. The summed E-state index contributed by atoms with van der Waals surface area (Å²) in [5.41, 5.74) is -0.836. The fourth-order valence-electron chi connectivity index (χ4n) is 3.16. The molecule has 1 atom stereocenters. The van der Waals surface area contributed by atoms with Crippen molar-refractivity contribution >= 4 is 22.5 Å². The van der Waals surface area contributed by atoms with E-state index in [9.17, 15) is 23.1 Å². The van der Waals surface area contributed by atoms with Crippen LogP contribution in [0.4, 0.5) is 23.1 Å². The third-order valence-corrected chi connectivity index (χ3v) is 5.72. The first-order chi connectivity index (χ1) is 14.3. The number of hydrogen-bond acceptors (Lipinski definition) is 6. The predicted molar refractivity (Wildman–Crippen MR) is 106 cm³/mol. The number of nitrogens with zero attached hydrogens (tertiary/aromatic N) is 2. The highest BCUT2D eigenvalue weighted by Gasteiger charge is 2.30. The molecule has 2 amide bonds. The van der Waals surface area contributed by atoms with Gasteiger partial charge < -0.3 is 15.2 Å². The molecule has 0 spiro atoms. The molecule has 0 aliphatic heterocycles. The number of ether oxygens (including phenoxy) is 1. The molecular weight excluding hydrogens is 421 g/mol. The Kier molecular flexibility index (Phi) is 7.48. The number of nitrogens with one attached hydrogen (secondary N) is 2. The monoisotopic (exact) mass is 444 g/mol. The number of halogens is 3. The third kappa shape index (κ3) is 6.56. The van der Waals surface area contributed by atoms with Gasteiger partial charge in [0, 0.05) is 12.5 Å². The molecule has 2 aromatic rings. The molecule has 11 heteroatoms. The van der Waals surface area contributed by atoms with Crippen molar-refractivity contribution in [1.29, 1.82) is 0 Å². The zero-order chi connectivity index (χ0) is 21.6. The van der Waals surface area contributed by atoms with Crippen LogP contribution in [0, 0.1) is 0 Å². The van der Waals surface area contributed by atoms with Gasteiger partial charge in [-0.25, -0.2) is 4.79 Å². The quantitative estimate of drug-likeness (QED) is 0.596. The van der Waals surface area contributed by atoms with Crippen LogP contribution in [0.3, 0.4) is 0 Å². The number of alkyl halides is 3. The molecular formula is C19H23F3N4O3S. The summed E-state index contributed by atoms with van der Waals surface area (Å²) in [5, 5.41) is 24.4. The number of carbonyl (C=O) groups excluding carboxylic acids is 1. The van der Waals surface area contributed by atoms with Crippen molar-refractivity contribution < 1.29 is 27.8 Å². The molecule has 3 N–H and O–H groups in total. The number of urea groups is 1. The van der Waals surface area contributed by atoms with Gasteiger partial charge >= 0.3 is 12.2 Å². The van der Waals surface area contributed by atoms with E-state index in [0.29, 0.717) is 11.0 Å². The summed E-state index contributed by atoms with van der Waals surface area (Å²) in [4.78, 5) is 12.0. The average Bonchev–Trinajstić information content (AvgIpc) is 3.19. The van der Waals surface area contributed by atoms with Gasteiger partial charge in [-0.1, -0.05) is 36.7 Å². The van der Waals surface area contributed by atoms with Gasteiger partial charge in [-0.05, 0) is 31.0 Å². The fourth-order valence-corrected chi connectivity index (χ4v) is 4.07. The first-order valence-electron chi connectivity index (χ1n) is 9.67. The van der Waals surface area contributed by atoms with Crippen LogP contribution in [0.2, 0.25) is 0 Å². The lowest BCUT2D eigenvalue weighted by atomic mass is 9.90. The minimum Gasteiger partial charge on any atom is -0.491 e. The molecule has 1 heterocycles. The Labute approximate surface area is 175 Å². The largest absolute Gasteiger partial charge is 0.491 e. The van der Waals surface area contributed by atoms with Crippen LogP contribution in [0.1, 0.15) is 48.6 Å². The van der Waals surface area contributed by atoms with E-state index in [1.807, 2.05) is 0 Å². The standard InChI is InChI=1S/C19H23F3N4O3S/c20-19(21,22)13-7-4-8-15(9-13)29-11-14(27)10-23-17(28)24-18-26-25-16(30-18)12-5-2-1-3-6-12/h4,7-9,12,14,27H,1-3,5-6,10-11H2,(H2,23,24,26,28)/t14-/m1/s1. The van der Waals surface area contributed by atoms with Crippen molar-refractivity contribution in [2.45, 2.75) is 50.3 Å². The molecule has 3 rings (SSSR count). The summed E-state index contributed by atoms with van der Waals surface area (Å²) in [5.74, 6) is 0.377. The number of anilines is 1. The van der Waals surface area contributed by atoms with E-state index in [2.05, 4.69) is 20.8 Å². The predicted octanol–water partition coefficient (Wildman–Crippen LogP) is 4.17. The van der Waals surface area contributed by atoms with Crippen molar-refractivity contribution in [1.82, 2.24) is 15.5 Å². The van der Waals surface area contributed by atoms with Crippen molar-refractivity contribution in [2.75, 3.05) is 18.5 Å². The second-order valence-corrected chi connectivity index (χ2v) is 8.11. The summed E-state index contributed by atoms with van der Waals surface area (Å²) in [6, 6.07) is 3.81. The molecule has 164 valence electrons. The molecule has 0 radical (unpaired) electrons. The molecule has 0 saturated heterocycles. The normalized spacial score (nSPS) is 16.1. The van der Waals surface area contributed by atoms with Crippen LogP contribution in [0.25, 0.3) is 0 Å². The van der Waals surface area contributed by atoms with Crippen molar-refractivity contribution in [2.24, 2.45) is 0 Å². The lowest BCUT2D eigenvalue weighted by Gasteiger charge is -2.18. The van der Waals surface area contributed by atoms with E-state index in [1.54, 1.807) is 0 Å². The van der Waals surface area contributed by atoms with Gasteiger partial charge in [0.2, 0.25) is 5.13 Å². The highest BCUT2D eigenvalue weighted by molar-refractivity contribution is 7.15. The molecule has 1 aromatic heterocycles. The third-order valence-electron chi connectivity index (χ3n) is 4.72. The van der Waals surface area contributed by atoms with Crippen LogP contribution in [0.15, 0.2) is 24.3 Å². The van der Waals surface area contributed by atoms with E-state index in [0.717, 1.165) is 30.0 Å². The number of carbonyl (C=O) groups is 1. The number of aliphatic hydroxyl groups excluding tert-OH is 1. The molecule has 1 saturated carbocycles. The zero-order valence-corrected chi connectivity index (χ0v) is 16.9. The van der Waals surface area contributed by atoms with Gasteiger partial charge in [0.25, 0.3) is 0 Å². The number of aromatic nitrogens is 2. The summed E-state index contributed by atoms with van der Waals surface area (Å²) in [6.45, 7) is -0.411. The van der Waals surface area contributed by atoms with Crippen LogP contribution >= 0.6 is 11.3 Å². The first-order valence-corrected chi connectivity index (χ1v) is 10.5. The van der Waals surface area contributed by atoms with Crippen LogP contribution in [-0.4, -0.2) is 40.6 Å². The van der Waals surface area contributed by atoms with E-state index < -0.39 is 23.9 Å². The van der Waals surface area contributed by atoms with Crippen molar-refractivity contribution in [3.05, 3.63) is 34.8 Å². The number of aliphatic hydroxyl groups is 1. The Balaban J connectivity index is 1.40. The zero-order valence-electron chi connectivity index (χ0n) is 16.1. The average molecular weight is 444 g/mol. The Bertz CT molecular complexity index is 840. The maximum Gasteiger partial charge on any atom is 0.416 e. The van der Waals surface area contributed by atoms with E-state index in [1.165, 1.54) is 42.7 Å². The minimum atomic E-state index is -4.47. The van der Waals surface area contributed by atoms with Crippen LogP contribution < -0.4 is 15.4 Å². The van der Waals surface area contributed by atoms with E-state index >= 15 is 0 Å². The summed E-state index contributed by atoms with van der Waals surface area (Å²) >= 11 is 1.34. The first kappa shape index (κ1) is 22.3. The lowest BCUT2D eigenvalue weighted by molar-refractivity contribution is -0.137. The Morgan fingerprint density at radius 1 is 1.27 bits per heavy atom. The van der Waals surface area contributed by atoms with Gasteiger partial charge in [-0.3, -0.25) is 5.32 Å². The summed E-state index contributed by atoms with van der Waals surface area (Å²) < 4.78 is 43.3. The highest BCUT2D eigenvalue weighted by atomic mass is 32.1. The van der Waals surface area contributed by atoms with Gasteiger partial charge in [0.05, 0.1) is 5.56 Å². The Morgan fingerprint density at radius 3 is 2.77 bits per heavy atom. The van der Waals surface area contributed by atoms with Gasteiger partial charge in [0.15, 0.2) is 0 Å². The van der Waals surface area contributed by atoms with Crippen molar-refractivity contribution in [3.63, 3.8) is 0 Å². The Morgan fingerprint density at radius 2 is 2.03 bits per heavy atom. The fraction of sp³-hybridized carbons (Fsp3) is 0.526. The molecule has 1 aliphatic rings.